The monoisotopic (exact) mass is 406 g/mol. The van der Waals surface area contributed by atoms with E-state index in [1.807, 2.05) is 31.2 Å². The Labute approximate surface area is 163 Å². The predicted molar refractivity (Wildman–Crippen MR) is 103 cm³/mol. The number of carbonyl (C=O) groups excluding carboxylic acids is 1. The van der Waals surface area contributed by atoms with Gasteiger partial charge in [-0.2, -0.15) is 0 Å². The highest BCUT2D eigenvalue weighted by Crippen LogP contribution is 2.20. The normalized spacial score (nSPS) is 10.6. The van der Waals surface area contributed by atoms with Gasteiger partial charge in [-0.15, -0.1) is 20.4 Å². The molecule has 2 N–H and O–H groups in total. The lowest BCUT2D eigenvalue weighted by Gasteiger charge is -2.04. The van der Waals surface area contributed by atoms with Crippen molar-refractivity contribution in [2.45, 2.75) is 25.1 Å². The smallest absolute Gasteiger partial charge is 0.277 e. The number of aromatic nitrogens is 4. The molecule has 0 spiro atoms. The van der Waals surface area contributed by atoms with Crippen LogP contribution in [-0.2, 0) is 17.8 Å². The molecule has 142 valence electrons. The summed E-state index contributed by atoms with van der Waals surface area (Å²) in [4.78, 5) is 11.9. The molecule has 27 heavy (non-hydrogen) atoms. The van der Waals surface area contributed by atoms with Crippen LogP contribution < -0.4 is 15.4 Å². The Morgan fingerprint density at radius 3 is 2.74 bits per heavy atom. The van der Waals surface area contributed by atoms with Gasteiger partial charge in [0.15, 0.2) is 0 Å². The second kappa shape index (κ2) is 9.33. The number of ether oxygens (including phenoxy) is 1. The lowest BCUT2D eigenvalue weighted by Crippen LogP contribution is -2.13. The van der Waals surface area contributed by atoms with Gasteiger partial charge in [0, 0.05) is 5.69 Å². The van der Waals surface area contributed by atoms with Gasteiger partial charge < -0.3 is 14.5 Å². The number of benzene rings is 1. The Morgan fingerprint density at radius 2 is 2.04 bits per heavy atom. The fourth-order valence-electron chi connectivity index (χ4n) is 1.98. The lowest BCUT2D eigenvalue weighted by atomic mass is 10.3. The molecule has 0 saturated carbocycles. The molecule has 11 heteroatoms. The van der Waals surface area contributed by atoms with Crippen LogP contribution in [0, 0.1) is 0 Å². The molecule has 0 saturated heterocycles. The zero-order valence-electron chi connectivity index (χ0n) is 14.8. The number of nitrogens with zero attached hydrogens (tertiary/aromatic N) is 4. The third kappa shape index (κ3) is 5.66. The van der Waals surface area contributed by atoms with E-state index < -0.39 is 0 Å². The van der Waals surface area contributed by atoms with Gasteiger partial charge in [-0.05, 0) is 30.7 Å². The van der Waals surface area contributed by atoms with Crippen molar-refractivity contribution in [1.82, 2.24) is 20.4 Å². The van der Waals surface area contributed by atoms with E-state index in [4.69, 9.17) is 9.15 Å². The molecule has 0 atom stereocenters. The van der Waals surface area contributed by atoms with E-state index in [9.17, 15) is 4.79 Å². The molecule has 2 aromatic heterocycles. The van der Waals surface area contributed by atoms with E-state index in [0.29, 0.717) is 22.8 Å². The molecule has 3 aromatic rings. The number of aryl methyl sites for hydroxylation is 1. The summed E-state index contributed by atoms with van der Waals surface area (Å²) in [6.45, 7) is 2.37. The average molecular weight is 406 g/mol. The number of nitrogens with one attached hydrogen (secondary N) is 2. The van der Waals surface area contributed by atoms with Crippen LogP contribution >= 0.6 is 23.1 Å². The summed E-state index contributed by atoms with van der Waals surface area (Å²) in [5.74, 6) is 1.17. The van der Waals surface area contributed by atoms with Gasteiger partial charge in [-0.3, -0.25) is 10.1 Å². The third-order valence-electron chi connectivity index (χ3n) is 3.32. The molecule has 0 fully saturated rings. The summed E-state index contributed by atoms with van der Waals surface area (Å²) in [5.41, 5.74) is 0.908. The van der Waals surface area contributed by atoms with Crippen molar-refractivity contribution in [3.8, 4) is 5.75 Å². The van der Waals surface area contributed by atoms with Crippen LogP contribution in [0.5, 0.6) is 5.75 Å². The topological polar surface area (TPSA) is 115 Å². The van der Waals surface area contributed by atoms with Gasteiger partial charge in [0.05, 0.1) is 19.4 Å². The molecule has 3 rings (SSSR count). The first kappa shape index (κ1) is 19.1. The Bertz CT molecular complexity index is 880. The SMILES string of the molecule is CCc1nnc(NC(=O)CSc2nnc(CNc3ccc(OC)cc3)o2)s1. The minimum atomic E-state index is -0.199. The average Bonchev–Trinajstić information content (AvgIpc) is 3.34. The number of amides is 1. The first-order valence-electron chi connectivity index (χ1n) is 8.11. The van der Waals surface area contributed by atoms with Crippen LogP contribution in [0.2, 0.25) is 0 Å². The Kier molecular flexibility index (Phi) is 6.60. The van der Waals surface area contributed by atoms with E-state index in [1.165, 1.54) is 23.1 Å². The van der Waals surface area contributed by atoms with Crippen LogP contribution in [0.4, 0.5) is 10.8 Å². The van der Waals surface area contributed by atoms with Crippen LogP contribution in [0.3, 0.4) is 0 Å². The number of rotatable bonds is 9. The molecule has 1 aromatic carbocycles. The number of hydrogen-bond acceptors (Lipinski definition) is 10. The second-order valence-corrected chi connectivity index (χ2v) is 7.22. The van der Waals surface area contributed by atoms with E-state index in [1.54, 1.807) is 7.11 Å². The van der Waals surface area contributed by atoms with E-state index in [2.05, 4.69) is 31.0 Å². The van der Waals surface area contributed by atoms with Crippen molar-refractivity contribution >= 4 is 39.8 Å². The molecule has 0 unspecified atom stereocenters. The summed E-state index contributed by atoms with van der Waals surface area (Å²) in [7, 11) is 1.62. The second-order valence-electron chi connectivity index (χ2n) is 5.24. The summed E-state index contributed by atoms with van der Waals surface area (Å²) in [5, 5.41) is 23.4. The lowest BCUT2D eigenvalue weighted by molar-refractivity contribution is -0.113. The fourth-order valence-corrected chi connectivity index (χ4v) is 3.26. The number of carbonyl (C=O) groups is 1. The van der Waals surface area contributed by atoms with Crippen molar-refractivity contribution in [2.75, 3.05) is 23.5 Å². The molecule has 0 bridgehead atoms. The van der Waals surface area contributed by atoms with Gasteiger partial charge in [0.2, 0.25) is 16.9 Å². The third-order valence-corrected chi connectivity index (χ3v) is 5.13. The molecular weight excluding hydrogens is 388 g/mol. The van der Waals surface area contributed by atoms with Crippen LogP contribution in [0.1, 0.15) is 17.8 Å². The highest BCUT2D eigenvalue weighted by molar-refractivity contribution is 7.99. The van der Waals surface area contributed by atoms with Gasteiger partial charge in [-0.1, -0.05) is 30.0 Å². The number of methoxy groups -OCH3 is 1. The van der Waals surface area contributed by atoms with E-state index in [0.717, 1.165) is 22.9 Å². The Balaban J connectivity index is 1.43. The Morgan fingerprint density at radius 1 is 1.22 bits per heavy atom. The number of thioether (sulfide) groups is 1. The molecule has 2 heterocycles. The van der Waals surface area contributed by atoms with Gasteiger partial charge in [0.25, 0.3) is 5.22 Å². The van der Waals surface area contributed by atoms with Crippen molar-refractivity contribution in [3.05, 3.63) is 35.2 Å². The zero-order valence-corrected chi connectivity index (χ0v) is 16.4. The number of hydrogen-bond donors (Lipinski definition) is 2. The first-order chi connectivity index (χ1) is 13.2. The van der Waals surface area contributed by atoms with Crippen molar-refractivity contribution < 1.29 is 13.9 Å². The van der Waals surface area contributed by atoms with Crippen molar-refractivity contribution in [1.29, 1.82) is 0 Å². The van der Waals surface area contributed by atoms with Gasteiger partial charge in [-0.25, -0.2) is 0 Å². The predicted octanol–water partition coefficient (Wildman–Crippen LogP) is 2.84. The maximum atomic E-state index is 11.9. The quantitative estimate of drug-likeness (QED) is 0.518. The summed E-state index contributed by atoms with van der Waals surface area (Å²) in [6, 6.07) is 7.51. The van der Waals surface area contributed by atoms with Crippen molar-refractivity contribution in [3.63, 3.8) is 0 Å². The Hall–Kier alpha value is -2.66. The van der Waals surface area contributed by atoms with E-state index in [-0.39, 0.29) is 11.7 Å². The van der Waals surface area contributed by atoms with Crippen molar-refractivity contribution in [2.24, 2.45) is 0 Å². The largest absolute Gasteiger partial charge is 0.497 e. The standard InChI is InChI=1S/C16H18N6O3S2/c1-3-14-20-21-15(27-14)18-12(23)9-26-16-22-19-13(25-16)8-17-10-4-6-11(24-2)7-5-10/h4-7,17H,3,8-9H2,1-2H3,(H,18,21,23). The number of anilines is 2. The zero-order chi connectivity index (χ0) is 19.1. The minimum absolute atomic E-state index is 0.147. The first-order valence-corrected chi connectivity index (χ1v) is 9.92. The maximum Gasteiger partial charge on any atom is 0.277 e. The summed E-state index contributed by atoms with van der Waals surface area (Å²) < 4.78 is 10.6. The molecule has 1 amide bonds. The summed E-state index contributed by atoms with van der Waals surface area (Å²) in [6.07, 6.45) is 0.789. The highest BCUT2D eigenvalue weighted by atomic mass is 32.2. The molecule has 0 radical (unpaired) electrons. The van der Waals surface area contributed by atoms with Gasteiger partial charge in [0.1, 0.15) is 10.8 Å². The fraction of sp³-hybridized carbons (Fsp3) is 0.312. The van der Waals surface area contributed by atoms with E-state index >= 15 is 0 Å². The van der Waals surface area contributed by atoms with Crippen LogP contribution in [0.15, 0.2) is 33.9 Å². The van der Waals surface area contributed by atoms with Crippen LogP contribution in [0.25, 0.3) is 0 Å². The van der Waals surface area contributed by atoms with Crippen LogP contribution in [-0.4, -0.2) is 39.2 Å². The summed E-state index contributed by atoms with van der Waals surface area (Å²) >= 11 is 2.53. The molecular formula is C16H18N6O3S2. The molecule has 9 nitrogen and oxygen atoms in total. The molecule has 0 aliphatic carbocycles. The maximum absolute atomic E-state index is 11.9. The molecule has 0 aliphatic rings. The molecule has 0 aliphatic heterocycles. The van der Waals surface area contributed by atoms with Gasteiger partial charge >= 0.3 is 0 Å². The highest BCUT2D eigenvalue weighted by Gasteiger charge is 2.12. The minimum Gasteiger partial charge on any atom is -0.497 e.